The van der Waals surface area contributed by atoms with Gasteiger partial charge in [0.05, 0.1) is 43.2 Å². The molecule has 52 heavy (non-hydrogen) atoms. The standard InChI is InChI=1S/C32H55N8.C6H6O.C3H9N.Zn/c1-2-10-18-17(9-1)25-33-26(18)38-28-21-13-5-6-14-22(21)30(35-28)40-32-24-16-8-7-15-23(24)31(36-32)39-29-20-12-4-3-11-19(20)27(34-29)37-25;7-6-4-2-1-3-5-6;1-4(2)3;/h9,17-40H,1-8,10-16H2;1-5,7H;1-3H3;/q-1;;;. The van der Waals surface area contributed by atoms with E-state index in [2.05, 4.69) is 49.0 Å². The number of phenolic OH excluding ortho intramolecular Hbond substituents is 1. The maximum atomic E-state index is 8.63. The molecule has 9 aliphatic rings. The van der Waals surface area contributed by atoms with Crippen molar-refractivity contribution in [3.63, 3.8) is 0 Å². The van der Waals surface area contributed by atoms with E-state index in [1.165, 1.54) is 96.3 Å². The SMILES string of the molecule is CN(C)C.Oc1ccccc1.[CH-]1CCCC2C3NC(NC4NC(NC5NC(NC6NC(N3)C3CCCCC63)C3CCCCC53)C3CCCCC43)C12.[Zn]. The van der Waals surface area contributed by atoms with Crippen LogP contribution in [0.2, 0.25) is 0 Å². The second-order valence-corrected chi connectivity index (χ2v) is 18.1. The predicted octanol–water partition coefficient (Wildman–Crippen LogP) is 3.99. The molecular formula is C41H70N9OZn-. The number of aromatic hydroxyl groups is 1. The molecule has 1 aromatic rings. The van der Waals surface area contributed by atoms with Gasteiger partial charge in [-0.1, -0.05) is 69.6 Å². The molecule has 5 aliphatic heterocycles. The fourth-order valence-electron chi connectivity index (χ4n) is 12.2. The van der Waals surface area contributed by atoms with Crippen molar-refractivity contribution in [3.8, 4) is 5.75 Å². The maximum Gasteiger partial charge on any atom is 0.115 e. The largest absolute Gasteiger partial charge is 0.508 e. The van der Waals surface area contributed by atoms with Crippen LogP contribution in [-0.2, 0) is 19.5 Å². The molecule has 0 aromatic heterocycles. The summed E-state index contributed by atoms with van der Waals surface area (Å²) < 4.78 is 0. The first kappa shape index (κ1) is 39.5. The third kappa shape index (κ3) is 8.64. The molecule has 5 heterocycles. The number of nitrogens with zero attached hydrogens (tertiary/aromatic N) is 1. The summed E-state index contributed by atoms with van der Waals surface area (Å²) in [5.41, 5.74) is 0. The summed E-state index contributed by atoms with van der Waals surface area (Å²) in [5, 5.41) is 42.3. The summed E-state index contributed by atoms with van der Waals surface area (Å²) in [7, 11) is 6.00. The van der Waals surface area contributed by atoms with Crippen molar-refractivity contribution < 1.29 is 24.6 Å². The molecule has 0 spiro atoms. The van der Waals surface area contributed by atoms with Crippen LogP contribution in [0.25, 0.3) is 0 Å². The summed E-state index contributed by atoms with van der Waals surface area (Å²) in [6.45, 7) is 0. The first-order valence-electron chi connectivity index (χ1n) is 21.2. The van der Waals surface area contributed by atoms with E-state index < -0.39 is 0 Å². The Morgan fingerprint density at radius 1 is 0.462 bits per heavy atom. The smallest absolute Gasteiger partial charge is 0.115 e. The summed E-state index contributed by atoms with van der Waals surface area (Å²) in [6, 6.07) is 8.71. The van der Waals surface area contributed by atoms with Crippen LogP contribution >= 0.6 is 0 Å². The van der Waals surface area contributed by atoms with Gasteiger partial charge in [0.15, 0.2) is 0 Å². The molecule has 0 amide bonds. The van der Waals surface area contributed by atoms with E-state index in [0.717, 1.165) is 35.5 Å². The van der Waals surface area contributed by atoms with E-state index in [9.17, 15) is 0 Å². The molecule has 11 heteroatoms. The second kappa shape index (κ2) is 18.0. The molecule has 9 N–H and O–H groups in total. The predicted molar refractivity (Wildman–Crippen MR) is 205 cm³/mol. The molecule has 5 saturated heterocycles. The normalized spacial score (nSPS) is 46.2. The number of hydrogen-bond donors (Lipinski definition) is 9. The van der Waals surface area contributed by atoms with Crippen LogP contribution < -0.4 is 42.5 Å². The fraction of sp³-hybridized carbons (Fsp3) is 0.829. The molecular weight excluding hydrogens is 700 g/mol. The van der Waals surface area contributed by atoms with Crippen molar-refractivity contribution >= 4 is 0 Å². The van der Waals surface area contributed by atoms with Crippen molar-refractivity contribution in [1.82, 2.24) is 47.4 Å². The van der Waals surface area contributed by atoms with E-state index >= 15 is 0 Å². The molecule has 0 radical (unpaired) electrons. The van der Waals surface area contributed by atoms with Crippen molar-refractivity contribution in [1.29, 1.82) is 0 Å². The Morgan fingerprint density at radius 2 is 0.750 bits per heavy atom. The molecule has 10 rings (SSSR count). The summed E-state index contributed by atoms with van der Waals surface area (Å²) in [6.07, 6.45) is 26.4. The Balaban J connectivity index is 0.000000306. The van der Waals surface area contributed by atoms with E-state index in [0.29, 0.717) is 66.9 Å². The first-order chi connectivity index (χ1) is 24.9. The minimum absolute atomic E-state index is 0. The first-order valence-corrected chi connectivity index (χ1v) is 21.2. The number of para-hydroxylation sites is 1. The van der Waals surface area contributed by atoms with Crippen LogP contribution in [0.3, 0.4) is 0 Å². The van der Waals surface area contributed by atoms with Gasteiger partial charge in [0.2, 0.25) is 0 Å². The average molecular weight is 770 g/mol. The fourth-order valence-corrected chi connectivity index (χ4v) is 12.2. The van der Waals surface area contributed by atoms with Gasteiger partial charge >= 0.3 is 0 Å². The Labute approximate surface area is 327 Å². The number of fused-ring (bicyclic) bond motifs is 20. The number of benzene rings is 1. The number of rotatable bonds is 0. The van der Waals surface area contributed by atoms with Crippen molar-refractivity contribution in [3.05, 3.63) is 36.8 Å². The zero-order valence-electron chi connectivity index (χ0n) is 32.4. The second-order valence-electron chi connectivity index (χ2n) is 18.1. The van der Waals surface area contributed by atoms with Crippen LogP contribution in [0.5, 0.6) is 5.75 Å². The van der Waals surface area contributed by atoms with Gasteiger partial charge in [0, 0.05) is 25.6 Å². The molecule has 8 bridgehead atoms. The quantitative estimate of drug-likeness (QED) is 0.142. The third-order valence-corrected chi connectivity index (χ3v) is 14.3. The molecule has 9 fully saturated rings. The summed E-state index contributed by atoms with van der Waals surface area (Å²) >= 11 is 0. The number of hydrogen-bond acceptors (Lipinski definition) is 10. The van der Waals surface area contributed by atoms with E-state index in [1.54, 1.807) is 24.3 Å². The molecule has 16 unspecified atom stereocenters. The minimum Gasteiger partial charge on any atom is -0.508 e. The monoisotopic (exact) mass is 769 g/mol. The van der Waals surface area contributed by atoms with Gasteiger partial charge in [-0.15, -0.1) is 5.92 Å². The van der Waals surface area contributed by atoms with Crippen molar-refractivity contribution in [2.24, 2.45) is 47.3 Å². The van der Waals surface area contributed by atoms with E-state index in [-0.39, 0.29) is 19.5 Å². The van der Waals surface area contributed by atoms with Gasteiger partial charge in [-0.2, -0.15) is 6.42 Å². The van der Waals surface area contributed by atoms with Gasteiger partial charge in [0.25, 0.3) is 0 Å². The molecule has 1 aromatic carbocycles. The minimum atomic E-state index is 0. The number of phenols is 1. The Hall–Kier alpha value is -0.717. The third-order valence-electron chi connectivity index (χ3n) is 14.3. The van der Waals surface area contributed by atoms with Gasteiger partial charge in [-0.05, 0) is 113 Å². The van der Waals surface area contributed by atoms with Crippen LogP contribution in [-0.4, -0.2) is 80.5 Å². The number of nitrogens with one attached hydrogen (secondary N) is 8. The topological polar surface area (TPSA) is 120 Å². The maximum absolute atomic E-state index is 8.63. The van der Waals surface area contributed by atoms with Crippen LogP contribution in [0.4, 0.5) is 0 Å². The van der Waals surface area contributed by atoms with Gasteiger partial charge in [-0.25, -0.2) is 0 Å². The Kier molecular flexibility index (Phi) is 13.7. The zero-order valence-corrected chi connectivity index (χ0v) is 35.4. The van der Waals surface area contributed by atoms with Crippen LogP contribution in [0, 0.1) is 53.8 Å². The van der Waals surface area contributed by atoms with Crippen LogP contribution in [0.1, 0.15) is 96.3 Å². The van der Waals surface area contributed by atoms with Gasteiger partial charge in [0.1, 0.15) is 5.75 Å². The van der Waals surface area contributed by atoms with Crippen molar-refractivity contribution in [2.45, 2.75) is 146 Å². The molecule has 4 saturated carbocycles. The van der Waals surface area contributed by atoms with Gasteiger partial charge < -0.3 is 16.4 Å². The zero-order chi connectivity index (χ0) is 34.9. The summed E-state index contributed by atoms with van der Waals surface area (Å²) in [5.74, 6) is 6.06. The van der Waals surface area contributed by atoms with Gasteiger partial charge in [-0.3, -0.25) is 42.5 Å². The molecule has 4 aliphatic carbocycles. The summed E-state index contributed by atoms with van der Waals surface area (Å²) in [4.78, 5) is 2.00. The molecule has 10 nitrogen and oxygen atoms in total. The molecule has 288 valence electrons. The van der Waals surface area contributed by atoms with E-state index in [1.807, 2.05) is 32.1 Å². The molecule has 16 atom stereocenters. The van der Waals surface area contributed by atoms with Crippen molar-refractivity contribution in [2.75, 3.05) is 21.1 Å². The Bertz CT molecular complexity index is 1040. The Morgan fingerprint density at radius 3 is 1.06 bits per heavy atom. The average Bonchev–Trinajstić information content (AvgIpc) is 3.88. The van der Waals surface area contributed by atoms with E-state index in [4.69, 9.17) is 5.11 Å². The van der Waals surface area contributed by atoms with Crippen LogP contribution in [0.15, 0.2) is 30.3 Å².